The van der Waals surface area contributed by atoms with E-state index in [0.29, 0.717) is 42.4 Å². The third-order valence-corrected chi connectivity index (χ3v) is 26.8. The maximum atomic E-state index is 13.7. The quantitative estimate of drug-likeness (QED) is 0.0396. The van der Waals surface area contributed by atoms with Crippen LogP contribution in [0, 0.1) is 23.3 Å². The summed E-state index contributed by atoms with van der Waals surface area (Å²) >= 11 is 9.37. The van der Waals surface area contributed by atoms with Crippen molar-refractivity contribution in [1.82, 2.24) is 18.3 Å². The van der Waals surface area contributed by atoms with Crippen LogP contribution >= 0.6 is 46.9 Å². The molecule has 0 saturated heterocycles. The van der Waals surface area contributed by atoms with Crippen LogP contribution in [-0.4, -0.2) is 89.0 Å². The lowest BCUT2D eigenvalue weighted by Gasteiger charge is -2.15. The third-order valence-electron chi connectivity index (χ3n) is 20.4. The molecule has 0 fully saturated rings. The fourth-order valence-electron chi connectivity index (χ4n) is 14.2. The van der Waals surface area contributed by atoms with E-state index in [-0.39, 0.29) is 133 Å². The second-order valence-electron chi connectivity index (χ2n) is 29.1. The molecule has 18 aromatic rings. The van der Waals surface area contributed by atoms with E-state index >= 15 is 0 Å². The highest BCUT2D eigenvalue weighted by Crippen LogP contribution is 2.42. The summed E-state index contributed by atoms with van der Waals surface area (Å²) < 4.78 is 153. The van der Waals surface area contributed by atoms with Gasteiger partial charge in [0.2, 0.25) is 0 Å². The highest BCUT2D eigenvalue weighted by Gasteiger charge is 2.28. The molecular weight excluding hydrogens is 1820 g/mol. The topological polar surface area (TPSA) is 392 Å². The Morgan fingerprint density at radius 2 is 0.667 bits per heavy atom. The molecule has 37 heteroatoms. The van der Waals surface area contributed by atoms with Crippen LogP contribution in [0.5, 0.6) is 23.0 Å². The molecule has 0 aliphatic rings. The predicted molar refractivity (Wildman–Crippen MR) is 483 cm³/mol. The zero-order chi connectivity index (χ0) is 92.1. The summed E-state index contributed by atoms with van der Waals surface area (Å²) in [6.45, 7) is 0.155. The minimum absolute atomic E-state index is 0.00348. The Hall–Kier alpha value is -14.0. The normalized spacial score (nSPS) is 11.8. The van der Waals surface area contributed by atoms with Crippen LogP contribution in [-0.2, 0) is 55.7 Å². The Balaban J connectivity index is 0.000000133. The van der Waals surface area contributed by atoms with Gasteiger partial charge in [0.25, 0.3) is 22.2 Å². The van der Waals surface area contributed by atoms with E-state index in [9.17, 15) is 102 Å². The summed E-state index contributed by atoms with van der Waals surface area (Å²) in [5.74, 6) is -3.80. The predicted octanol–water partition coefficient (Wildman–Crippen LogP) is 15.9. The number of hydrogen-bond donors (Lipinski definition) is 4. The maximum absolute atomic E-state index is 13.7. The van der Waals surface area contributed by atoms with E-state index in [1.807, 2.05) is 18.4 Å². The summed E-state index contributed by atoms with van der Waals surface area (Å²) in [4.78, 5) is 104. The minimum atomic E-state index is -3.65. The van der Waals surface area contributed by atoms with Crippen molar-refractivity contribution in [3.8, 4) is 23.0 Å². The van der Waals surface area contributed by atoms with E-state index < -0.39 is 115 Å². The SMILES string of the molecule is CS(=O)(=O)c1ccc2c(c1)c1oc(=O)c(Sc3cccc(Cl)c3)c(O)c1c(=O)n2Cc1ccc(F)cc1.CS(=O)(=O)c1ccc2c(c1)c1oc(=O)c(Sc3ccccc3)c(O)c1c(=O)n2Cc1ccc(F)cc1.CS(=O)(=O)c1ccc2c3oc(=O)cc(O)c3c(=O)n(Cc3ccc(F)cc3)c2c1.CSc1ccc2c3oc(=O)cc(O)c3c(=O)n(Cc3ccc(F)cc3)c2c1. The number of aromatic nitrogens is 4. The fraction of sp³-hybridized carbons (Fsp3) is 0.0870. The van der Waals surface area contributed by atoms with Crippen molar-refractivity contribution in [3.05, 3.63) is 370 Å². The first-order valence-electron chi connectivity index (χ1n) is 38.0. The zero-order valence-electron chi connectivity index (χ0n) is 67.1. The Morgan fingerprint density at radius 3 is 1.05 bits per heavy atom. The van der Waals surface area contributed by atoms with Gasteiger partial charge in [0.1, 0.15) is 66.1 Å². The lowest BCUT2D eigenvalue weighted by atomic mass is 10.1. The van der Waals surface area contributed by atoms with Gasteiger partial charge in [-0.3, -0.25) is 19.2 Å². The molecule has 0 atom stereocenters. The van der Waals surface area contributed by atoms with Crippen LogP contribution in [0.4, 0.5) is 17.6 Å². The van der Waals surface area contributed by atoms with Gasteiger partial charge >= 0.3 is 22.5 Å². The number of thioether (sulfide) groups is 1. The Bertz CT molecular complexity index is 8580. The zero-order valence-corrected chi connectivity index (χ0v) is 72.8. The average Bonchev–Trinajstić information content (AvgIpc) is 0.706. The maximum Gasteiger partial charge on any atom is 0.354 e. The van der Waals surface area contributed by atoms with Gasteiger partial charge in [0.15, 0.2) is 63.3 Å². The van der Waals surface area contributed by atoms with E-state index in [0.717, 1.165) is 64.9 Å². The van der Waals surface area contributed by atoms with Crippen LogP contribution < -0.4 is 44.7 Å². The van der Waals surface area contributed by atoms with Gasteiger partial charge in [-0.15, -0.1) is 11.8 Å². The van der Waals surface area contributed by atoms with Gasteiger partial charge in [-0.05, 0) is 180 Å². The summed E-state index contributed by atoms with van der Waals surface area (Å²) in [5, 5.41) is 43.4. The number of benzene rings is 10. The molecule has 0 radical (unpaired) electrons. The number of fused-ring (bicyclic) bond motifs is 12. The van der Waals surface area contributed by atoms with Crippen LogP contribution in [0.25, 0.3) is 87.5 Å². The number of hydrogen-bond acceptors (Lipinski definition) is 25. The van der Waals surface area contributed by atoms with Gasteiger partial charge in [-0.2, -0.15) is 0 Å². The molecule has 0 spiro atoms. The van der Waals surface area contributed by atoms with Crippen LogP contribution in [0.15, 0.2) is 332 Å². The molecule has 0 saturated carbocycles. The molecule has 0 aliphatic carbocycles. The van der Waals surface area contributed by atoms with Crippen molar-refractivity contribution < 1.29 is 80.9 Å². The van der Waals surface area contributed by atoms with Crippen molar-refractivity contribution >= 4 is 164 Å². The summed E-state index contributed by atoms with van der Waals surface area (Å²) in [7, 11) is -10.9. The van der Waals surface area contributed by atoms with Crippen molar-refractivity contribution in [2.24, 2.45) is 0 Å². The van der Waals surface area contributed by atoms with E-state index in [1.165, 1.54) is 170 Å². The molecule has 0 unspecified atom stereocenters. The highest BCUT2D eigenvalue weighted by atomic mass is 35.5. The number of nitrogens with zero attached hydrogens (tertiary/aromatic N) is 4. The molecule has 0 bridgehead atoms. The molecule has 4 N–H and O–H groups in total. The summed E-state index contributed by atoms with van der Waals surface area (Å²) in [5.41, 5.74) is -2.54. The number of sulfone groups is 3. The average molecular weight is 1880 g/mol. The van der Waals surface area contributed by atoms with E-state index in [1.54, 1.807) is 72.8 Å². The van der Waals surface area contributed by atoms with Crippen LogP contribution in [0.3, 0.4) is 0 Å². The Kier molecular flexibility index (Phi) is 25.1. The molecular formula is C92H63ClF4N4O22S6. The number of halogens is 5. The third kappa shape index (κ3) is 18.8. The first-order valence-corrected chi connectivity index (χ1v) is 46.9. The molecule has 0 amide bonds. The van der Waals surface area contributed by atoms with E-state index in [2.05, 4.69) is 0 Å². The molecule has 8 heterocycles. The van der Waals surface area contributed by atoms with Crippen molar-refractivity contribution in [1.29, 1.82) is 0 Å². The largest absolute Gasteiger partial charge is 0.507 e. The summed E-state index contributed by atoms with van der Waals surface area (Å²) in [6, 6.07) is 57.1. The number of rotatable bonds is 16. The first-order chi connectivity index (χ1) is 61.3. The van der Waals surface area contributed by atoms with Crippen molar-refractivity contribution in [2.75, 3.05) is 25.0 Å². The van der Waals surface area contributed by atoms with Crippen LogP contribution in [0.2, 0.25) is 5.02 Å². The van der Waals surface area contributed by atoms with E-state index in [4.69, 9.17) is 29.3 Å². The summed E-state index contributed by atoms with van der Waals surface area (Å²) in [6.07, 6.45) is 5.01. The van der Waals surface area contributed by atoms with Gasteiger partial charge in [0, 0.05) is 60.0 Å². The molecule has 8 aromatic heterocycles. The molecule has 129 heavy (non-hydrogen) atoms. The monoisotopic (exact) mass is 1880 g/mol. The van der Waals surface area contributed by atoms with Crippen molar-refractivity contribution in [3.63, 3.8) is 0 Å². The molecule has 18 rings (SSSR count). The van der Waals surface area contributed by atoms with Gasteiger partial charge in [0.05, 0.1) is 75.1 Å². The lowest BCUT2D eigenvalue weighted by Crippen LogP contribution is -2.23. The van der Waals surface area contributed by atoms with Gasteiger partial charge in [-0.1, -0.05) is 108 Å². The highest BCUT2D eigenvalue weighted by molar-refractivity contribution is 7.99. The second-order valence-corrected chi connectivity index (χ2v) is 38.7. The molecule has 26 nitrogen and oxygen atoms in total. The lowest BCUT2D eigenvalue weighted by molar-refractivity contribution is 0.446. The standard InChI is InChI=1S/C26H17ClFNO6S2.C26H18FNO6S2.C20H14FNO6S.C20H14FNO4S/c1-37(33,34)18-9-10-20-19(12-18)23-21(25(31)29(20)13-14-5-7-16(28)8-6-14)22(30)24(26(32)35-23)36-17-4-2-3-15(27)11-17;1-36(32,33)18-11-12-20-19(13-18)23-21(25(30)28(20)14-15-7-9-16(27)10-8-15)22(29)24(26(31)34-23)35-17-5-3-2-4-6-17;1-29(26,27)13-6-7-14-15(8-13)22(10-11-2-4-12(21)5-3-11)20(25)18-16(23)9-17(24)28-19(14)18;1-27-13-6-7-14-15(8-13)22(10-11-2-4-12(21)5-3-11)20(25)18-16(23)9-17(24)26-19(14)18/h2-12,30H,13H2,1H3;2-13,29H,14H2,1H3;2-9,23H,10H2,1H3;2-9,23H,10H2,1H3. The molecule has 0 aliphatic heterocycles. The van der Waals surface area contributed by atoms with Gasteiger partial charge < -0.3 is 56.4 Å². The van der Waals surface area contributed by atoms with Crippen LogP contribution in [0.1, 0.15) is 22.3 Å². The molecule has 654 valence electrons. The second kappa shape index (κ2) is 36.0. The number of aromatic hydroxyl groups is 4. The fourth-order valence-corrected chi connectivity index (χ4v) is 18.6. The van der Waals surface area contributed by atoms with Gasteiger partial charge in [-0.25, -0.2) is 62.0 Å². The Morgan fingerprint density at radius 1 is 0.333 bits per heavy atom. The molecule has 10 aromatic carbocycles. The first kappa shape index (κ1) is 89.8. The van der Waals surface area contributed by atoms with Crippen molar-refractivity contribution in [2.45, 2.75) is 65.3 Å². The Labute approximate surface area is 741 Å². The smallest absolute Gasteiger partial charge is 0.354 e. The minimum Gasteiger partial charge on any atom is -0.507 e. The number of pyridine rings is 4.